The Labute approximate surface area is 114 Å². The lowest BCUT2D eigenvalue weighted by Gasteiger charge is -2.03. The predicted molar refractivity (Wildman–Crippen MR) is 77.5 cm³/mol. The molecule has 0 saturated carbocycles. The van der Waals surface area contributed by atoms with Gasteiger partial charge in [0, 0.05) is 5.39 Å². The molecule has 94 valence electrons. The quantitative estimate of drug-likeness (QED) is 0.547. The van der Waals surface area contributed by atoms with Crippen molar-refractivity contribution in [2.75, 3.05) is 0 Å². The Morgan fingerprint density at radius 1 is 1.16 bits per heavy atom. The van der Waals surface area contributed by atoms with Crippen LogP contribution in [-0.4, -0.2) is 16.1 Å². The van der Waals surface area contributed by atoms with Gasteiger partial charge in [0.05, 0.1) is 0 Å². The van der Waals surface area contributed by atoms with Gasteiger partial charge in [0.2, 0.25) is 0 Å². The molecule has 3 rings (SSSR count). The summed E-state index contributed by atoms with van der Waals surface area (Å²) in [4.78, 5) is 11.5. The number of nitrogens with one attached hydrogen (secondary N) is 2. The molecule has 1 aliphatic heterocycles. The molecule has 19 heavy (non-hydrogen) atoms. The van der Waals surface area contributed by atoms with Crippen LogP contribution in [0.3, 0.4) is 0 Å². The van der Waals surface area contributed by atoms with Gasteiger partial charge in [-0.05, 0) is 41.4 Å². The van der Waals surface area contributed by atoms with E-state index in [1.54, 1.807) is 12.1 Å². The van der Waals surface area contributed by atoms with Crippen LogP contribution in [-0.2, 0) is 4.79 Å². The number of amides is 1. The third kappa shape index (κ3) is 2.15. The zero-order valence-corrected chi connectivity index (χ0v) is 10.6. The molecule has 1 fully saturated rings. The maximum absolute atomic E-state index is 11.5. The summed E-state index contributed by atoms with van der Waals surface area (Å²) in [5.74, 6) is -0.0800. The van der Waals surface area contributed by atoms with Crippen molar-refractivity contribution in [1.29, 1.82) is 0 Å². The smallest absolute Gasteiger partial charge is 0.273 e. The zero-order valence-electron chi connectivity index (χ0n) is 9.81. The Hall–Kier alpha value is -2.40. The van der Waals surface area contributed by atoms with E-state index in [-0.39, 0.29) is 11.7 Å². The molecular weight excluding hydrogens is 260 g/mol. The second-order valence-corrected chi connectivity index (χ2v) is 4.64. The van der Waals surface area contributed by atoms with Gasteiger partial charge in [0.15, 0.2) is 5.11 Å². The molecule has 0 unspecified atom stereocenters. The Morgan fingerprint density at radius 2 is 1.95 bits per heavy atom. The molecule has 0 spiro atoms. The maximum atomic E-state index is 11.5. The monoisotopic (exact) mass is 270 g/mol. The van der Waals surface area contributed by atoms with Gasteiger partial charge in [-0.2, -0.15) is 0 Å². The second kappa shape index (κ2) is 4.37. The molecule has 0 aromatic heterocycles. The number of carbonyl (C=O) groups excluding carboxylic acids is 1. The second-order valence-electron chi connectivity index (χ2n) is 4.23. The molecule has 0 atom stereocenters. The average Bonchev–Trinajstić information content (AvgIpc) is 2.68. The lowest BCUT2D eigenvalue weighted by Crippen LogP contribution is -2.21. The molecule has 0 bridgehead atoms. The van der Waals surface area contributed by atoms with E-state index >= 15 is 0 Å². The zero-order chi connectivity index (χ0) is 13.4. The minimum atomic E-state index is -0.266. The van der Waals surface area contributed by atoms with Crippen molar-refractivity contribution < 1.29 is 9.90 Å². The van der Waals surface area contributed by atoms with E-state index in [0.29, 0.717) is 10.8 Å². The Kier molecular flexibility index (Phi) is 2.68. The molecule has 1 aliphatic rings. The first-order valence-corrected chi connectivity index (χ1v) is 6.10. The Bertz CT molecular complexity index is 737. The number of thiocarbonyl (C=S) groups is 1. The highest BCUT2D eigenvalue weighted by Gasteiger charge is 2.19. The van der Waals surface area contributed by atoms with Crippen LogP contribution in [0.25, 0.3) is 16.8 Å². The molecule has 1 saturated heterocycles. The molecule has 3 N–H and O–H groups in total. The van der Waals surface area contributed by atoms with E-state index in [0.717, 1.165) is 16.3 Å². The van der Waals surface area contributed by atoms with E-state index in [1.165, 1.54) is 0 Å². The summed E-state index contributed by atoms with van der Waals surface area (Å²) in [5.41, 5.74) is 1.11. The van der Waals surface area contributed by atoms with Crippen LogP contribution < -0.4 is 10.6 Å². The number of hydrogen-bond donors (Lipinski definition) is 3. The third-order valence-electron chi connectivity index (χ3n) is 2.89. The number of benzene rings is 2. The van der Waals surface area contributed by atoms with Crippen LogP contribution >= 0.6 is 12.2 Å². The average molecular weight is 270 g/mol. The summed E-state index contributed by atoms with van der Waals surface area (Å²) in [6.07, 6.45) is 1.65. The summed E-state index contributed by atoms with van der Waals surface area (Å²) >= 11 is 4.86. The van der Waals surface area contributed by atoms with Gasteiger partial charge in [-0.15, -0.1) is 0 Å². The van der Waals surface area contributed by atoms with Crippen molar-refractivity contribution in [2.45, 2.75) is 0 Å². The highest BCUT2D eigenvalue weighted by atomic mass is 32.1. The van der Waals surface area contributed by atoms with Crippen LogP contribution in [0.1, 0.15) is 5.56 Å². The highest BCUT2D eigenvalue weighted by molar-refractivity contribution is 7.80. The maximum Gasteiger partial charge on any atom is 0.273 e. The summed E-state index contributed by atoms with van der Waals surface area (Å²) < 4.78 is 0. The van der Waals surface area contributed by atoms with E-state index in [9.17, 15) is 9.90 Å². The molecule has 0 aliphatic carbocycles. The number of carbonyl (C=O) groups is 1. The van der Waals surface area contributed by atoms with Crippen LogP contribution in [0.2, 0.25) is 0 Å². The third-order valence-corrected chi connectivity index (χ3v) is 3.10. The summed E-state index contributed by atoms with van der Waals surface area (Å²) in [5, 5.41) is 17.2. The van der Waals surface area contributed by atoms with Crippen LogP contribution in [0, 0.1) is 0 Å². The highest BCUT2D eigenvalue weighted by Crippen LogP contribution is 2.27. The minimum Gasteiger partial charge on any atom is -0.507 e. The SMILES string of the molecule is O=C1NC(=S)N/C1=C\c1cc(O)c2ccccc2c1. The molecule has 4 nitrogen and oxygen atoms in total. The Morgan fingerprint density at radius 3 is 2.68 bits per heavy atom. The molecule has 5 heteroatoms. The van der Waals surface area contributed by atoms with Gasteiger partial charge in [-0.3, -0.25) is 10.1 Å². The fraction of sp³-hybridized carbons (Fsp3) is 0. The molecule has 2 aromatic carbocycles. The van der Waals surface area contributed by atoms with E-state index in [1.807, 2.05) is 30.3 Å². The molecule has 1 heterocycles. The minimum absolute atomic E-state index is 0.186. The van der Waals surface area contributed by atoms with Crippen LogP contribution in [0.5, 0.6) is 5.75 Å². The molecular formula is C14H10N2O2S. The molecule has 1 amide bonds. The number of fused-ring (bicyclic) bond motifs is 1. The fourth-order valence-electron chi connectivity index (χ4n) is 2.05. The first-order chi connectivity index (χ1) is 9.13. The van der Waals surface area contributed by atoms with Crippen molar-refractivity contribution in [3.63, 3.8) is 0 Å². The lowest BCUT2D eigenvalue weighted by molar-refractivity contribution is -0.115. The fourth-order valence-corrected chi connectivity index (χ4v) is 2.25. The number of phenolic OH excluding ortho intramolecular Hbond substituents is 1. The number of aromatic hydroxyl groups is 1. The molecule has 0 radical (unpaired) electrons. The van der Waals surface area contributed by atoms with Gasteiger partial charge in [0.25, 0.3) is 5.91 Å². The van der Waals surface area contributed by atoms with Gasteiger partial charge in [-0.1, -0.05) is 24.3 Å². The van der Waals surface area contributed by atoms with Crippen LogP contribution in [0.15, 0.2) is 42.1 Å². The number of phenols is 1. The number of rotatable bonds is 1. The predicted octanol–water partition coefficient (Wildman–Crippen LogP) is 1.89. The van der Waals surface area contributed by atoms with Crippen molar-refractivity contribution in [3.05, 3.63) is 47.7 Å². The Balaban J connectivity index is 2.09. The van der Waals surface area contributed by atoms with Gasteiger partial charge < -0.3 is 10.4 Å². The first-order valence-electron chi connectivity index (χ1n) is 5.69. The topological polar surface area (TPSA) is 61.4 Å². The first kappa shape index (κ1) is 11.7. The van der Waals surface area contributed by atoms with E-state index < -0.39 is 0 Å². The van der Waals surface area contributed by atoms with E-state index in [2.05, 4.69) is 10.6 Å². The normalized spacial score (nSPS) is 16.7. The van der Waals surface area contributed by atoms with Gasteiger partial charge >= 0.3 is 0 Å². The van der Waals surface area contributed by atoms with Crippen molar-refractivity contribution in [2.24, 2.45) is 0 Å². The summed E-state index contributed by atoms with van der Waals surface area (Å²) in [6, 6.07) is 11.0. The van der Waals surface area contributed by atoms with Gasteiger partial charge in [-0.25, -0.2) is 0 Å². The van der Waals surface area contributed by atoms with Crippen LogP contribution in [0.4, 0.5) is 0 Å². The standard InChI is InChI=1S/C14H10N2O2S/c17-12-7-8(5-9-3-1-2-4-10(9)12)6-11-13(18)16-14(19)15-11/h1-7,17H,(H2,15,16,18,19)/b11-6-. The number of hydrogen-bond acceptors (Lipinski definition) is 3. The van der Waals surface area contributed by atoms with Gasteiger partial charge in [0.1, 0.15) is 11.4 Å². The van der Waals surface area contributed by atoms with E-state index in [4.69, 9.17) is 12.2 Å². The largest absolute Gasteiger partial charge is 0.507 e. The van der Waals surface area contributed by atoms with Crippen molar-refractivity contribution in [1.82, 2.24) is 10.6 Å². The van der Waals surface area contributed by atoms with Crippen molar-refractivity contribution >= 4 is 40.1 Å². The molecule has 2 aromatic rings. The summed E-state index contributed by atoms with van der Waals surface area (Å²) in [6.45, 7) is 0. The lowest BCUT2D eigenvalue weighted by atomic mass is 10.1. The van der Waals surface area contributed by atoms with Crippen molar-refractivity contribution in [3.8, 4) is 5.75 Å². The summed E-state index contributed by atoms with van der Waals surface area (Å²) in [7, 11) is 0.